The zero-order chi connectivity index (χ0) is 15.7. The number of nitrogens with one attached hydrogen (secondary N) is 2. The second-order valence-electron chi connectivity index (χ2n) is 4.57. The van der Waals surface area contributed by atoms with Crippen LogP contribution in [0.2, 0.25) is 0 Å². The molecule has 1 atom stereocenters. The molecule has 0 fully saturated rings. The van der Waals surface area contributed by atoms with Crippen LogP contribution in [0.25, 0.3) is 0 Å². The van der Waals surface area contributed by atoms with Crippen molar-refractivity contribution in [2.24, 2.45) is 0 Å². The maximum atomic E-state index is 11.9. The van der Waals surface area contributed by atoms with E-state index < -0.39 is 0 Å². The van der Waals surface area contributed by atoms with Crippen LogP contribution in [-0.2, 0) is 14.3 Å². The lowest BCUT2D eigenvalue weighted by molar-refractivity contribution is -0.122. The number of benzene rings is 1. The van der Waals surface area contributed by atoms with Crippen molar-refractivity contribution in [2.45, 2.75) is 19.4 Å². The summed E-state index contributed by atoms with van der Waals surface area (Å²) in [6, 6.07) is 6.90. The van der Waals surface area contributed by atoms with Gasteiger partial charge in [0, 0.05) is 20.6 Å². The summed E-state index contributed by atoms with van der Waals surface area (Å²) < 4.78 is 9.97. The molecule has 0 aromatic heterocycles. The fourth-order valence-electron chi connectivity index (χ4n) is 1.88. The van der Waals surface area contributed by atoms with Gasteiger partial charge in [0.05, 0.1) is 26.2 Å². The Balaban J connectivity index is 2.70. The molecule has 0 aliphatic heterocycles. The number of amides is 2. The molecular formula is C15H22N2O4. The average Bonchev–Trinajstić information content (AvgIpc) is 2.46. The highest BCUT2D eigenvalue weighted by Crippen LogP contribution is 2.20. The number of carbonyl (C=O) groups is 2. The third kappa shape index (κ3) is 6.27. The van der Waals surface area contributed by atoms with Gasteiger partial charge in [-0.1, -0.05) is 12.1 Å². The maximum Gasteiger partial charge on any atom is 0.222 e. The highest BCUT2D eigenvalue weighted by atomic mass is 16.5. The lowest BCUT2D eigenvalue weighted by atomic mass is 10.0. The smallest absolute Gasteiger partial charge is 0.222 e. The van der Waals surface area contributed by atoms with E-state index in [1.165, 1.54) is 6.92 Å². The van der Waals surface area contributed by atoms with Crippen LogP contribution in [0.3, 0.4) is 0 Å². The SMILES string of the molecule is COCCNC(=O)CC(NC(C)=O)c1ccc(OC)cc1. The molecule has 0 bridgehead atoms. The molecular weight excluding hydrogens is 272 g/mol. The number of rotatable bonds is 8. The normalized spacial score (nSPS) is 11.6. The Kier molecular flexibility index (Phi) is 7.25. The summed E-state index contributed by atoms with van der Waals surface area (Å²) in [7, 11) is 3.16. The molecule has 0 saturated heterocycles. The Hall–Kier alpha value is -2.08. The lowest BCUT2D eigenvalue weighted by Gasteiger charge is -2.18. The Bertz CT molecular complexity index is 459. The molecule has 0 saturated carbocycles. The Morgan fingerprint density at radius 2 is 1.86 bits per heavy atom. The number of hydrogen-bond acceptors (Lipinski definition) is 4. The molecule has 21 heavy (non-hydrogen) atoms. The molecule has 1 aromatic rings. The molecule has 116 valence electrons. The van der Waals surface area contributed by atoms with Crippen LogP contribution in [0.5, 0.6) is 5.75 Å². The van der Waals surface area contributed by atoms with Crippen LogP contribution >= 0.6 is 0 Å². The van der Waals surface area contributed by atoms with E-state index in [-0.39, 0.29) is 24.3 Å². The molecule has 2 N–H and O–H groups in total. The zero-order valence-corrected chi connectivity index (χ0v) is 12.6. The predicted molar refractivity (Wildman–Crippen MR) is 79.1 cm³/mol. The maximum absolute atomic E-state index is 11.9. The molecule has 6 heteroatoms. The minimum absolute atomic E-state index is 0.137. The quantitative estimate of drug-likeness (QED) is 0.702. The minimum Gasteiger partial charge on any atom is -0.497 e. The van der Waals surface area contributed by atoms with E-state index >= 15 is 0 Å². The number of carbonyl (C=O) groups excluding carboxylic acids is 2. The third-order valence-electron chi connectivity index (χ3n) is 2.91. The topological polar surface area (TPSA) is 76.7 Å². The van der Waals surface area contributed by atoms with E-state index in [1.807, 2.05) is 12.1 Å². The van der Waals surface area contributed by atoms with Crippen molar-refractivity contribution in [3.8, 4) is 5.75 Å². The second-order valence-corrected chi connectivity index (χ2v) is 4.57. The summed E-state index contributed by atoms with van der Waals surface area (Å²) in [6.45, 7) is 2.34. The molecule has 0 heterocycles. The van der Waals surface area contributed by atoms with Crippen LogP contribution in [0.4, 0.5) is 0 Å². The van der Waals surface area contributed by atoms with Crippen molar-refractivity contribution in [1.29, 1.82) is 0 Å². The molecule has 2 amide bonds. The van der Waals surface area contributed by atoms with Gasteiger partial charge in [-0.25, -0.2) is 0 Å². The van der Waals surface area contributed by atoms with E-state index in [4.69, 9.17) is 9.47 Å². The van der Waals surface area contributed by atoms with E-state index in [9.17, 15) is 9.59 Å². The molecule has 1 unspecified atom stereocenters. The summed E-state index contributed by atoms with van der Waals surface area (Å²) in [5.41, 5.74) is 0.855. The molecule has 6 nitrogen and oxygen atoms in total. The first kappa shape index (κ1) is 17.0. The van der Waals surface area contributed by atoms with Gasteiger partial charge in [-0.15, -0.1) is 0 Å². The lowest BCUT2D eigenvalue weighted by Crippen LogP contribution is -2.33. The second kappa shape index (κ2) is 8.97. The van der Waals surface area contributed by atoms with Gasteiger partial charge < -0.3 is 20.1 Å². The molecule has 0 aliphatic rings. The Morgan fingerprint density at radius 3 is 2.38 bits per heavy atom. The number of hydrogen-bond donors (Lipinski definition) is 2. The van der Waals surface area contributed by atoms with Gasteiger partial charge in [-0.2, -0.15) is 0 Å². The Morgan fingerprint density at radius 1 is 1.19 bits per heavy atom. The molecule has 1 rings (SSSR count). The summed E-state index contributed by atoms with van der Waals surface area (Å²) in [5, 5.41) is 5.52. The van der Waals surface area contributed by atoms with Crippen molar-refractivity contribution in [2.75, 3.05) is 27.4 Å². The fourth-order valence-corrected chi connectivity index (χ4v) is 1.88. The predicted octanol–water partition coefficient (Wildman–Crippen LogP) is 1.03. The van der Waals surface area contributed by atoms with Gasteiger partial charge in [0.2, 0.25) is 11.8 Å². The highest BCUT2D eigenvalue weighted by Gasteiger charge is 2.17. The first-order valence-corrected chi connectivity index (χ1v) is 6.73. The largest absolute Gasteiger partial charge is 0.497 e. The minimum atomic E-state index is -0.365. The number of ether oxygens (including phenoxy) is 2. The summed E-state index contributed by atoms with van der Waals surface area (Å²) in [6.07, 6.45) is 0.176. The third-order valence-corrected chi connectivity index (χ3v) is 2.91. The monoisotopic (exact) mass is 294 g/mol. The molecule has 0 spiro atoms. The van der Waals surface area contributed by atoms with Crippen LogP contribution < -0.4 is 15.4 Å². The zero-order valence-electron chi connectivity index (χ0n) is 12.6. The van der Waals surface area contributed by atoms with Gasteiger partial charge in [0.1, 0.15) is 5.75 Å². The van der Waals surface area contributed by atoms with Gasteiger partial charge in [-0.3, -0.25) is 9.59 Å². The van der Waals surface area contributed by atoms with E-state index in [2.05, 4.69) is 10.6 Å². The van der Waals surface area contributed by atoms with Crippen LogP contribution in [-0.4, -0.2) is 39.2 Å². The van der Waals surface area contributed by atoms with E-state index in [0.29, 0.717) is 13.2 Å². The summed E-state index contributed by atoms with van der Waals surface area (Å²) in [5.74, 6) is 0.409. The summed E-state index contributed by atoms with van der Waals surface area (Å²) >= 11 is 0. The van der Waals surface area contributed by atoms with Gasteiger partial charge >= 0.3 is 0 Å². The first-order chi connectivity index (χ1) is 10.1. The van der Waals surface area contributed by atoms with Crippen LogP contribution in [0, 0.1) is 0 Å². The van der Waals surface area contributed by atoms with Gasteiger partial charge in [0.25, 0.3) is 0 Å². The van der Waals surface area contributed by atoms with Crippen LogP contribution in [0.1, 0.15) is 24.9 Å². The molecule has 0 radical (unpaired) electrons. The number of methoxy groups -OCH3 is 2. The van der Waals surface area contributed by atoms with Crippen molar-refractivity contribution in [1.82, 2.24) is 10.6 Å². The fraction of sp³-hybridized carbons (Fsp3) is 0.467. The average molecular weight is 294 g/mol. The summed E-state index contributed by atoms with van der Waals surface area (Å²) in [4.78, 5) is 23.2. The van der Waals surface area contributed by atoms with E-state index in [1.54, 1.807) is 26.4 Å². The van der Waals surface area contributed by atoms with Crippen molar-refractivity contribution < 1.29 is 19.1 Å². The molecule has 0 aliphatic carbocycles. The standard InChI is InChI=1S/C15H22N2O4/c1-11(18)17-14(10-15(19)16-8-9-20-2)12-4-6-13(21-3)7-5-12/h4-7,14H,8-10H2,1-3H3,(H,16,19)(H,17,18). The Labute approximate surface area is 124 Å². The van der Waals surface area contributed by atoms with Crippen molar-refractivity contribution in [3.05, 3.63) is 29.8 Å². The van der Waals surface area contributed by atoms with Crippen LogP contribution in [0.15, 0.2) is 24.3 Å². The van der Waals surface area contributed by atoms with E-state index in [0.717, 1.165) is 11.3 Å². The highest BCUT2D eigenvalue weighted by molar-refractivity contribution is 5.79. The van der Waals surface area contributed by atoms with Gasteiger partial charge in [0.15, 0.2) is 0 Å². The molecule has 1 aromatic carbocycles. The van der Waals surface area contributed by atoms with Gasteiger partial charge in [-0.05, 0) is 17.7 Å². The van der Waals surface area contributed by atoms with Crippen molar-refractivity contribution in [3.63, 3.8) is 0 Å². The van der Waals surface area contributed by atoms with Crippen molar-refractivity contribution >= 4 is 11.8 Å². The first-order valence-electron chi connectivity index (χ1n) is 6.73.